The number of hydrogen-bond donors (Lipinski definition) is 4. The van der Waals surface area contributed by atoms with Crippen LogP contribution >= 0.6 is 23.4 Å². The molecule has 0 spiro atoms. The van der Waals surface area contributed by atoms with E-state index in [-0.39, 0.29) is 27.3 Å². The van der Waals surface area contributed by atoms with E-state index in [0.717, 1.165) is 11.8 Å². The molecule has 12 heteroatoms. The maximum Gasteiger partial charge on any atom is 0.342 e. The van der Waals surface area contributed by atoms with E-state index < -0.39 is 17.2 Å². The number of aromatic nitrogens is 3. The lowest BCUT2D eigenvalue weighted by atomic mass is 10.2. The monoisotopic (exact) mass is 399 g/mol. The number of aromatic amines is 2. The minimum Gasteiger partial charge on any atom is -0.503 e. The lowest BCUT2D eigenvalue weighted by Gasteiger charge is -2.08. The molecule has 1 aromatic heterocycles. The second-order valence-corrected chi connectivity index (χ2v) is 6.05. The minimum atomic E-state index is -0.729. The summed E-state index contributed by atoms with van der Waals surface area (Å²) in [5.74, 6) is -0.607. The van der Waals surface area contributed by atoms with Gasteiger partial charge in [0, 0.05) is 0 Å². The molecule has 0 aliphatic carbocycles. The van der Waals surface area contributed by atoms with Crippen LogP contribution in [0.5, 0.6) is 11.5 Å². The normalized spacial score (nSPS) is 10.8. The molecule has 1 heterocycles. The standard InChI is InChI=1S/C14H14ClN5O5S/c1-2-25-9-4-7(3-8(15)11(9)22)5-16-18-10(21)6-26-13-12(23)17-14(24)20-19-13/h3-5,22H,2,6H2,1H3,(H,18,21)(H2,17,20,23,24)/b16-5+. The summed E-state index contributed by atoms with van der Waals surface area (Å²) in [6, 6.07) is 2.96. The highest BCUT2D eigenvalue weighted by molar-refractivity contribution is 7.99. The Labute approximate surface area is 155 Å². The molecule has 0 radical (unpaired) electrons. The van der Waals surface area contributed by atoms with Gasteiger partial charge in [-0.25, -0.2) is 15.3 Å². The SMILES string of the molecule is CCOc1cc(/C=N/NC(=O)CSc2n[nH]c(=O)[nH]c2=O)cc(Cl)c1O. The molecule has 4 N–H and O–H groups in total. The van der Waals surface area contributed by atoms with Gasteiger partial charge in [-0.15, -0.1) is 0 Å². The zero-order valence-electron chi connectivity index (χ0n) is 13.4. The summed E-state index contributed by atoms with van der Waals surface area (Å²) < 4.78 is 5.24. The fourth-order valence-electron chi connectivity index (χ4n) is 1.71. The second-order valence-electron chi connectivity index (χ2n) is 4.68. The number of phenols is 1. The van der Waals surface area contributed by atoms with Crippen LogP contribution in [0.15, 0.2) is 31.8 Å². The van der Waals surface area contributed by atoms with Crippen LogP contribution in [0.1, 0.15) is 12.5 Å². The van der Waals surface area contributed by atoms with E-state index in [1.165, 1.54) is 18.3 Å². The third kappa shape index (κ3) is 5.36. The maximum atomic E-state index is 11.7. The smallest absolute Gasteiger partial charge is 0.342 e. The van der Waals surface area contributed by atoms with Gasteiger partial charge in [0.2, 0.25) is 5.91 Å². The van der Waals surface area contributed by atoms with Crippen LogP contribution in [0, 0.1) is 0 Å². The lowest BCUT2D eigenvalue weighted by Crippen LogP contribution is -2.26. The number of rotatable bonds is 7. The van der Waals surface area contributed by atoms with Gasteiger partial charge < -0.3 is 9.84 Å². The highest BCUT2D eigenvalue weighted by Crippen LogP contribution is 2.34. The van der Waals surface area contributed by atoms with Crippen molar-refractivity contribution in [1.29, 1.82) is 0 Å². The molecular weight excluding hydrogens is 386 g/mol. The van der Waals surface area contributed by atoms with Crippen molar-refractivity contribution in [3.05, 3.63) is 43.6 Å². The third-order valence-electron chi connectivity index (χ3n) is 2.77. The van der Waals surface area contributed by atoms with Gasteiger partial charge in [0.25, 0.3) is 5.56 Å². The lowest BCUT2D eigenvalue weighted by molar-refractivity contribution is -0.118. The van der Waals surface area contributed by atoms with E-state index >= 15 is 0 Å². The predicted molar refractivity (Wildman–Crippen MR) is 96.2 cm³/mol. The fourth-order valence-corrected chi connectivity index (χ4v) is 2.56. The molecule has 0 aliphatic heterocycles. The molecule has 1 amide bonds. The van der Waals surface area contributed by atoms with Gasteiger partial charge in [-0.1, -0.05) is 23.4 Å². The first kappa shape index (κ1) is 19.5. The summed E-state index contributed by atoms with van der Waals surface area (Å²) in [6.07, 6.45) is 1.32. The number of thioether (sulfide) groups is 1. The van der Waals surface area contributed by atoms with Crippen LogP contribution in [0.25, 0.3) is 0 Å². The zero-order valence-corrected chi connectivity index (χ0v) is 15.0. The molecule has 0 bridgehead atoms. The average Bonchev–Trinajstić information content (AvgIpc) is 2.58. The zero-order chi connectivity index (χ0) is 19.1. The number of hydrazone groups is 1. The number of carbonyl (C=O) groups is 1. The largest absolute Gasteiger partial charge is 0.503 e. The van der Waals surface area contributed by atoms with E-state index in [9.17, 15) is 19.5 Å². The summed E-state index contributed by atoms with van der Waals surface area (Å²) in [7, 11) is 0. The first-order chi connectivity index (χ1) is 12.4. The van der Waals surface area contributed by atoms with E-state index in [0.29, 0.717) is 12.2 Å². The first-order valence-electron chi connectivity index (χ1n) is 7.19. The van der Waals surface area contributed by atoms with Crippen molar-refractivity contribution in [2.75, 3.05) is 12.4 Å². The van der Waals surface area contributed by atoms with Crippen LogP contribution in [0.2, 0.25) is 5.02 Å². The number of nitrogens with zero attached hydrogens (tertiary/aromatic N) is 2. The first-order valence-corrected chi connectivity index (χ1v) is 8.56. The summed E-state index contributed by atoms with van der Waals surface area (Å²) in [4.78, 5) is 36.0. The molecule has 0 aliphatic rings. The summed E-state index contributed by atoms with van der Waals surface area (Å²) in [5.41, 5.74) is 1.36. The maximum absolute atomic E-state index is 11.7. The van der Waals surface area contributed by atoms with E-state index in [1.54, 1.807) is 6.92 Å². The van der Waals surface area contributed by atoms with Crippen molar-refractivity contribution in [1.82, 2.24) is 20.6 Å². The van der Waals surface area contributed by atoms with Crippen molar-refractivity contribution in [3.63, 3.8) is 0 Å². The number of nitrogens with one attached hydrogen (secondary N) is 3. The minimum absolute atomic E-state index is 0.0459. The number of ether oxygens (including phenoxy) is 1. The predicted octanol–water partition coefficient (Wildman–Crippen LogP) is 0.458. The summed E-state index contributed by atoms with van der Waals surface area (Å²) in [5, 5.41) is 19.2. The highest BCUT2D eigenvalue weighted by Gasteiger charge is 2.09. The highest BCUT2D eigenvalue weighted by atomic mass is 35.5. The van der Waals surface area contributed by atoms with Gasteiger partial charge >= 0.3 is 5.69 Å². The Hall–Kier alpha value is -2.79. The summed E-state index contributed by atoms with van der Waals surface area (Å²) >= 11 is 6.73. The Bertz CT molecular complexity index is 942. The number of amides is 1. The van der Waals surface area contributed by atoms with Crippen molar-refractivity contribution in [2.24, 2.45) is 5.10 Å². The van der Waals surface area contributed by atoms with Gasteiger partial charge in [0.1, 0.15) is 0 Å². The van der Waals surface area contributed by atoms with Gasteiger partial charge in [-0.3, -0.25) is 14.6 Å². The molecule has 10 nitrogen and oxygen atoms in total. The molecule has 0 fully saturated rings. The number of H-pyrrole nitrogens is 2. The van der Waals surface area contributed by atoms with Gasteiger partial charge in [-0.2, -0.15) is 10.2 Å². The summed E-state index contributed by atoms with van der Waals surface area (Å²) in [6.45, 7) is 2.10. The molecule has 2 aromatic rings. The van der Waals surface area contributed by atoms with E-state index in [4.69, 9.17) is 16.3 Å². The van der Waals surface area contributed by atoms with Crippen molar-refractivity contribution in [3.8, 4) is 11.5 Å². The van der Waals surface area contributed by atoms with Crippen LogP contribution < -0.4 is 21.4 Å². The molecule has 1 aromatic carbocycles. The Balaban J connectivity index is 1.94. The quantitative estimate of drug-likeness (QED) is 0.300. The molecule has 2 rings (SSSR count). The van der Waals surface area contributed by atoms with E-state index in [2.05, 4.69) is 20.7 Å². The average molecular weight is 400 g/mol. The number of aromatic hydroxyl groups is 1. The number of phenolic OH excluding ortho intramolecular Hbond substituents is 1. The molecule has 0 atom stereocenters. The molecule has 138 valence electrons. The van der Waals surface area contributed by atoms with Crippen LogP contribution in [-0.4, -0.2) is 44.8 Å². The van der Waals surface area contributed by atoms with Gasteiger partial charge in [-0.05, 0) is 24.6 Å². The van der Waals surface area contributed by atoms with Crippen molar-refractivity contribution >= 4 is 35.5 Å². The number of carbonyl (C=O) groups excluding carboxylic acids is 1. The molecule has 0 unspecified atom stereocenters. The van der Waals surface area contributed by atoms with Gasteiger partial charge in [0.15, 0.2) is 16.5 Å². The Morgan fingerprint density at radius 3 is 2.96 bits per heavy atom. The molecule has 0 saturated heterocycles. The second kappa shape index (κ2) is 9.06. The van der Waals surface area contributed by atoms with Crippen LogP contribution in [-0.2, 0) is 4.79 Å². The van der Waals surface area contributed by atoms with Crippen molar-refractivity contribution in [2.45, 2.75) is 11.9 Å². The third-order valence-corrected chi connectivity index (χ3v) is 4.02. The number of benzene rings is 1. The molecule has 26 heavy (non-hydrogen) atoms. The van der Waals surface area contributed by atoms with Crippen LogP contribution in [0.3, 0.4) is 0 Å². The molecule has 0 saturated carbocycles. The Morgan fingerprint density at radius 2 is 2.27 bits per heavy atom. The van der Waals surface area contributed by atoms with Crippen LogP contribution in [0.4, 0.5) is 0 Å². The number of halogens is 1. The Morgan fingerprint density at radius 1 is 1.50 bits per heavy atom. The topological polar surface area (TPSA) is 150 Å². The fraction of sp³-hybridized carbons (Fsp3) is 0.214. The molecular formula is C14H14ClN5O5S. The number of hydrogen-bond acceptors (Lipinski definition) is 8. The van der Waals surface area contributed by atoms with E-state index in [1.807, 2.05) is 4.98 Å². The Kier molecular flexibility index (Phi) is 6.81. The van der Waals surface area contributed by atoms with Gasteiger partial charge in [0.05, 0.1) is 23.6 Å². The van der Waals surface area contributed by atoms with Crippen molar-refractivity contribution < 1.29 is 14.6 Å².